The first-order valence-electron chi connectivity index (χ1n) is 7.89. The summed E-state index contributed by atoms with van der Waals surface area (Å²) in [5, 5.41) is 3.66. The first-order valence-corrected chi connectivity index (χ1v) is 7.89. The van der Waals surface area contributed by atoms with Gasteiger partial charge in [0.2, 0.25) is 0 Å². The Morgan fingerprint density at radius 2 is 1.58 bits per heavy atom. The van der Waals surface area contributed by atoms with Gasteiger partial charge in [0.15, 0.2) is 0 Å². The highest BCUT2D eigenvalue weighted by molar-refractivity contribution is 4.91. The van der Waals surface area contributed by atoms with Gasteiger partial charge >= 0.3 is 0 Å². The number of rotatable bonds is 4. The summed E-state index contributed by atoms with van der Waals surface area (Å²) in [5.74, 6) is 0.818. The molecule has 0 saturated carbocycles. The molecule has 2 heteroatoms. The topological polar surface area (TPSA) is 15.3 Å². The van der Waals surface area contributed by atoms with E-state index >= 15 is 0 Å². The molecule has 1 rings (SSSR count). The second kappa shape index (κ2) is 5.73. The van der Waals surface area contributed by atoms with Gasteiger partial charge in [0.05, 0.1) is 0 Å². The Balaban J connectivity index is 2.47. The predicted molar refractivity (Wildman–Crippen MR) is 85.6 cm³/mol. The fourth-order valence-corrected chi connectivity index (χ4v) is 3.41. The number of nitrogens with zero attached hydrogens (tertiary/aromatic N) is 1. The first-order chi connectivity index (χ1) is 8.39. The molecule has 0 radical (unpaired) electrons. The summed E-state index contributed by atoms with van der Waals surface area (Å²) in [6.07, 6.45) is 2.61. The molecule has 1 atom stereocenters. The molecular weight excluding hydrogens is 232 g/mol. The minimum Gasteiger partial charge on any atom is -0.312 e. The van der Waals surface area contributed by atoms with E-state index in [2.05, 4.69) is 65.6 Å². The van der Waals surface area contributed by atoms with Crippen molar-refractivity contribution in [1.82, 2.24) is 10.2 Å². The van der Waals surface area contributed by atoms with Gasteiger partial charge in [0, 0.05) is 17.6 Å². The van der Waals surface area contributed by atoms with E-state index in [-0.39, 0.29) is 5.54 Å². The molecule has 1 aliphatic heterocycles. The highest BCUT2D eigenvalue weighted by Gasteiger charge is 2.36. The van der Waals surface area contributed by atoms with E-state index in [0.717, 1.165) is 12.5 Å². The van der Waals surface area contributed by atoms with Crippen LogP contribution in [0.2, 0.25) is 0 Å². The third-order valence-electron chi connectivity index (χ3n) is 4.03. The fraction of sp³-hybridized carbons (Fsp3) is 1.00. The largest absolute Gasteiger partial charge is 0.312 e. The summed E-state index contributed by atoms with van der Waals surface area (Å²) < 4.78 is 0. The van der Waals surface area contributed by atoms with Crippen LogP contribution in [0.1, 0.15) is 68.2 Å². The average Bonchev–Trinajstić information content (AvgIpc) is 2.58. The summed E-state index contributed by atoms with van der Waals surface area (Å²) in [7, 11) is 0. The molecule has 0 bridgehead atoms. The van der Waals surface area contributed by atoms with Gasteiger partial charge in [-0.1, -0.05) is 20.8 Å². The minimum atomic E-state index is 0.244. The van der Waals surface area contributed by atoms with Crippen molar-refractivity contribution in [2.75, 3.05) is 19.6 Å². The lowest BCUT2D eigenvalue weighted by Gasteiger charge is -2.40. The fourth-order valence-electron chi connectivity index (χ4n) is 3.41. The smallest absolute Gasteiger partial charge is 0.0158 e. The van der Waals surface area contributed by atoms with Crippen LogP contribution in [-0.4, -0.2) is 35.6 Å². The van der Waals surface area contributed by atoms with Crippen LogP contribution in [0.3, 0.4) is 0 Å². The van der Waals surface area contributed by atoms with E-state index in [9.17, 15) is 0 Å². The van der Waals surface area contributed by atoms with Gasteiger partial charge < -0.3 is 5.32 Å². The molecule has 2 nitrogen and oxygen atoms in total. The van der Waals surface area contributed by atoms with Gasteiger partial charge in [-0.15, -0.1) is 0 Å². The summed E-state index contributed by atoms with van der Waals surface area (Å²) in [6, 6.07) is 0. The predicted octanol–water partition coefficient (Wildman–Crippen LogP) is 3.91. The van der Waals surface area contributed by atoms with Gasteiger partial charge in [-0.05, 0) is 71.9 Å². The summed E-state index contributed by atoms with van der Waals surface area (Å²) >= 11 is 0. The Morgan fingerprint density at radius 1 is 1.00 bits per heavy atom. The molecule has 1 unspecified atom stereocenters. The summed E-state index contributed by atoms with van der Waals surface area (Å²) in [5.41, 5.74) is 0.980. The normalized spacial score (nSPS) is 23.1. The molecule has 0 aromatic heterocycles. The van der Waals surface area contributed by atoms with Crippen molar-refractivity contribution in [2.45, 2.75) is 79.3 Å². The van der Waals surface area contributed by atoms with Gasteiger partial charge in [0.1, 0.15) is 0 Å². The van der Waals surface area contributed by atoms with Crippen molar-refractivity contribution in [1.29, 1.82) is 0 Å². The third-order valence-corrected chi connectivity index (χ3v) is 4.03. The van der Waals surface area contributed by atoms with Crippen molar-refractivity contribution in [3.05, 3.63) is 0 Å². The second-order valence-corrected chi connectivity index (χ2v) is 9.28. The van der Waals surface area contributed by atoms with Gasteiger partial charge in [0.25, 0.3) is 0 Å². The zero-order chi connectivity index (χ0) is 14.9. The Hall–Kier alpha value is -0.0800. The van der Waals surface area contributed by atoms with E-state index in [1.807, 2.05) is 0 Å². The van der Waals surface area contributed by atoms with Crippen molar-refractivity contribution in [3.63, 3.8) is 0 Å². The number of likely N-dealkylation sites (tertiary alicyclic amines) is 1. The first kappa shape index (κ1) is 17.0. The zero-order valence-electron chi connectivity index (χ0n) is 14.6. The van der Waals surface area contributed by atoms with E-state index in [0.29, 0.717) is 11.0 Å². The molecule has 19 heavy (non-hydrogen) atoms. The number of hydrogen-bond acceptors (Lipinski definition) is 2. The number of nitrogens with one attached hydrogen (secondary N) is 1. The molecule has 0 amide bonds. The highest BCUT2D eigenvalue weighted by Crippen LogP contribution is 2.34. The van der Waals surface area contributed by atoms with Crippen molar-refractivity contribution in [3.8, 4) is 0 Å². The quantitative estimate of drug-likeness (QED) is 0.831. The SMILES string of the molecule is CC(C)(C)CC(C)(C)N1CCC(CNC(C)(C)C)C1. The molecule has 0 aromatic rings. The molecular formula is C17H36N2. The van der Waals surface area contributed by atoms with Crippen LogP contribution in [0.5, 0.6) is 0 Å². The standard InChI is InChI=1S/C17H36N2/c1-15(2,3)13-17(7,8)19-10-9-14(12-19)11-18-16(4,5)6/h14,18H,9-13H2,1-8H3. The lowest BCUT2D eigenvalue weighted by Crippen LogP contribution is -2.46. The van der Waals surface area contributed by atoms with Gasteiger partial charge in [-0.2, -0.15) is 0 Å². The van der Waals surface area contributed by atoms with Gasteiger partial charge in [-0.25, -0.2) is 0 Å². The molecule has 1 heterocycles. The van der Waals surface area contributed by atoms with E-state index in [1.54, 1.807) is 0 Å². The molecule has 1 fully saturated rings. The molecule has 1 aliphatic rings. The van der Waals surface area contributed by atoms with E-state index < -0.39 is 0 Å². The maximum atomic E-state index is 3.66. The highest BCUT2D eigenvalue weighted by atomic mass is 15.2. The molecule has 0 aromatic carbocycles. The molecule has 0 spiro atoms. The molecule has 114 valence electrons. The summed E-state index contributed by atoms with van der Waals surface area (Å²) in [6.45, 7) is 22.3. The van der Waals surface area contributed by atoms with E-state index in [1.165, 1.54) is 25.9 Å². The zero-order valence-corrected chi connectivity index (χ0v) is 14.6. The minimum absolute atomic E-state index is 0.244. The van der Waals surface area contributed by atoms with Crippen LogP contribution in [0.4, 0.5) is 0 Å². The summed E-state index contributed by atoms with van der Waals surface area (Å²) in [4.78, 5) is 2.70. The van der Waals surface area contributed by atoms with E-state index in [4.69, 9.17) is 0 Å². The molecule has 0 aliphatic carbocycles. The van der Waals surface area contributed by atoms with Crippen LogP contribution < -0.4 is 5.32 Å². The Labute approximate surface area is 121 Å². The lowest BCUT2D eigenvalue weighted by atomic mass is 9.81. The van der Waals surface area contributed by atoms with Gasteiger partial charge in [-0.3, -0.25) is 4.90 Å². The van der Waals surface area contributed by atoms with Crippen molar-refractivity contribution < 1.29 is 0 Å². The van der Waals surface area contributed by atoms with Crippen LogP contribution in [0, 0.1) is 11.3 Å². The Morgan fingerprint density at radius 3 is 2.05 bits per heavy atom. The maximum absolute atomic E-state index is 3.66. The van der Waals surface area contributed by atoms with Crippen LogP contribution >= 0.6 is 0 Å². The third kappa shape index (κ3) is 6.27. The lowest BCUT2D eigenvalue weighted by molar-refractivity contribution is 0.0974. The van der Waals surface area contributed by atoms with Crippen LogP contribution in [-0.2, 0) is 0 Å². The molecule has 1 saturated heterocycles. The Kier molecular flexibility index (Phi) is 5.12. The van der Waals surface area contributed by atoms with Crippen LogP contribution in [0.25, 0.3) is 0 Å². The van der Waals surface area contributed by atoms with Crippen molar-refractivity contribution >= 4 is 0 Å². The van der Waals surface area contributed by atoms with Crippen molar-refractivity contribution in [2.24, 2.45) is 11.3 Å². The number of hydrogen-bond donors (Lipinski definition) is 1. The average molecular weight is 268 g/mol. The molecule has 1 N–H and O–H groups in total. The second-order valence-electron chi connectivity index (χ2n) is 9.28. The monoisotopic (exact) mass is 268 g/mol. The van der Waals surface area contributed by atoms with Crippen LogP contribution in [0.15, 0.2) is 0 Å². The Bertz CT molecular complexity index is 281. The maximum Gasteiger partial charge on any atom is 0.0158 e.